The smallest absolute Gasteiger partial charge is 0.283 e. The second-order valence-corrected chi connectivity index (χ2v) is 14.8. The van der Waals surface area contributed by atoms with E-state index >= 15 is 0 Å². The van der Waals surface area contributed by atoms with E-state index in [4.69, 9.17) is 9.47 Å². The van der Waals surface area contributed by atoms with E-state index in [0.717, 1.165) is 11.8 Å². The van der Waals surface area contributed by atoms with Crippen LogP contribution in [0.2, 0.25) is 0 Å². The van der Waals surface area contributed by atoms with Gasteiger partial charge in [0.1, 0.15) is 23.0 Å². The monoisotopic (exact) mass is 592 g/mol. The Labute approximate surface area is 246 Å². The van der Waals surface area contributed by atoms with Gasteiger partial charge >= 0.3 is 0 Å². The fourth-order valence-electron chi connectivity index (χ4n) is 6.41. The molecule has 0 saturated carbocycles. The first-order chi connectivity index (χ1) is 19.5. The summed E-state index contributed by atoms with van der Waals surface area (Å²) in [6.45, 7) is 10.0. The number of allylic oxidation sites excluding steroid dienone is 4. The van der Waals surface area contributed by atoms with Crippen molar-refractivity contribution in [2.45, 2.75) is 66.2 Å². The lowest BCUT2D eigenvalue weighted by Gasteiger charge is -2.43. The summed E-state index contributed by atoms with van der Waals surface area (Å²) in [5, 5.41) is 0. The molecule has 10 heteroatoms. The summed E-state index contributed by atoms with van der Waals surface area (Å²) >= 11 is 0. The van der Waals surface area contributed by atoms with Gasteiger partial charge in [-0.1, -0.05) is 33.8 Å². The lowest BCUT2D eigenvalue weighted by molar-refractivity contribution is -0.120. The minimum absolute atomic E-state index is 0.0557. The number of hydrogen-bond donors (Lipinski definition) is 1. The van der Waals surface area contributed by atoms with Gasteiger partial charge in [-0.25, -0.2) is 18.1 Å². The van der Waals surface area contributed by atoms with E-state index in [1.54, 1.807) is 31.4 Å². The topological polar surface area (TPSA) is 129 Å². The third kappa shape index (κ3) is 5.52. The Morgan fingerprint density at radius 2 is 1.52 bits per heavy atom. The van der Waals surface area contributed by atoms with Crippen molar-refractivity contribution in [2.75, 3.05) is 13.4 Å². The molecule has 0 fully saturated rings. The number of rotatable bonds is 5. The van der Waals surface area contributed by atoms with Crippen molar-refractivity contribution in [3.05, 3.63) is 69.8 Å². The van der Waals surface area contributed by atoms with Crippen LogP contribution in [0.3, 0.4) is 0 Å². The molecular formula is C32H36N2O7S. The summed E-state index contributed by atoms with van der Waals surface area (Å²) in [4.78, 5) is 44.7. The number of ether oxygens (including phenoxy) is 2. The predicted molar refractivity (Wildman–Crippen MR) is 157 cm³/mol. The van der Waals surface area contributed by atoms with Crippen molar-refractivity contribution in [1.82, 2.24) is 9.71 Å². The number of sulfonamides is 1. The number of amides is 1. The van der Waals surface area contributed by atoms with Crippen LogP contribution >= 0.6 is 0 Å². The van der Waals surface area contributed by atoms with E-state index < -0.39 is 21.8 Å². The highest BCUT2D eigenvalue weighted by molar-refractivity contribution is 7.89. The van der Waals surface area contributed by atoms with Crippen LogP contribution in [0.15, 0.2) is 53.0 Å². The molecule has 5 rings (SSSR count). The maximum Gasteiger partial charge on any atom is 0.283 e. The molecule has 0 unspecified atom stereocenters. The van der Waals surface area contributed by atoms with E-state index in [2.05, 4.69) is 4.98 Å². The highest BCUT2D eigenvalue weighted by Crippen LogP contribution is 2.55. The third-order valence-electron chi connectivity index (χ3n) is 8.10. The number of ketones is 2. The van der Waals surface area contributed by atoms with Crippen molar-refractivity contribution in [3.63, 3.8) is 0 Å². The van der Waals surface area contributed by atoms with Gasteiger partial charge < -0.3 is 9.47 Å². The molecule has 0 radical (unpaired) electrons. The Hall–Kier alpha value is -3.79. The maximum absolute atomic E-state index is 13.8. The molecule has 0 saturated heterocycles. The van der Waals surface area contributed by atoms with Crippen molar-refractivity contribution >= 4 is 27.5 Å². The number of methoxy groups -OCH3 is 1. The van der Waals surface area contributed by atoms with Crippen molar-refractivity contribution in [1.29, 1.82) is 0 Å². The first-order valence-corrected chi connectivity index (χ1v) is 15.8. The zero-order valence-corrected chi connectivity index (χ0v) is 25.8. The first-order valence-electron chi connectivity index (χ1n) is 13.9. The second-order valence-electron chi connectivity index (χ2n) is 13.1. The van der Waals surface area contributed by atoms with Crippen LogP contribution in [0.5, 0.6) is 5.75 Å². The van der Waals surface area contributed by atoms with Crippen molar-refractivity contribution in [3.8, 4) is 17.0 Å². The standard InChI is InChI=1S/C32H36N2O7S/c1-17-18(19-9-8-10-20(33-19)30(37)34-42(7,38)39)11-12-23(40-6)26(17)29-27-21(35)13-31(2,3)15-24(27)41-25-16-32(4,5)14-22(36)28(25)29/h8-12,29H,13-16H2,1-7H3,(H,34,37). The van der Waals surface area contributed by atoms with Crippen molar-refractivity contribution in [2.24, 2.45) is 10.8 Å². The van der Waals surface area contributed by atoms with Gasteiger partial charge in [0, 0.05) is 48.0 Å². The summed E-state index contributed by atoms with van der Waals surface area (Å²) in [7, 11) is -2.23. The molecular weight excluding hydrogens is 556 g/mol. The number of aromatic nitrogens is 1. The Balaban J connectivity index is 1.73. The summed E-state index contributed by atoms with van der Waals surface area (Å²) in [5.41, 5.74) is 2.83. The van der Waals surface area contributed by atoms with Gasteiger partial charge in [0.2, 0.25) is 10.0 Å². The number of nitrogens with zero attached hydrogens (tertiary/aromatic N) is 1. The quantitative estimate of drug-likeness (QED) is 0.505. The predicted octanol–water partition coefficient (Wildman–Crippen LogP) is 5.16. The third-order valence-corrected chi connectivity index (χ3v) is 8.66. The van der Waals surface area contributed by atoms with Crippen LogP contribution in [0, 0.1) is 17.8 Å². The van der Waals surface area contributed by atoms with Gasteiger partial charge in [0.05, 0.1) is 25.0 Å². The van der Waals surface area contributed by atoms with Gasteiger partial charge in [-0.15, -0.1) is 0 Å². The van der Waals surface area contributed by atoms with E-state index in [9.17, 15) is 22.8 Å². The first kappa shape index (κ1) is 29.7. The Morgan fingerprint density at radius 1 is 0.952 bits per heavy atom. The average molecular weight is 593 g/mol. The molecule has 0 spiro atoms. The molecule has 222 valence electrons. The molecule has 0 bridgehead atoms. The fourth-order valence-corrected chi connectivity index (χ4v) is 6.85. The van der Waals surface area contributed by atoms with Gasteiger partial charge in [-0.05, 0) is 47.6 Å². The second kappa shape index (κ2) is 10.2. The summed E-state index contributed by atoms with van der Waals surface area (Å²) < 4.78 is 37.5. The molecule has 2 aromatic rings. The number of nitrogens with one attached hydrogen (secondary N) is 1. The SMILES string of the molecule is COc1ccc(-c2cccc(C(=O)NS(C)(=O)=O)n2)c(C)c1C1C2=C(CC(C)(C)CC2=O)OC2=C1C(=O)CC(C)(C)C2. The van der Waals surface area contributed by atoms with Gasteiger partial charge in [0.15, 0.2) is 11.6 Å². The van der Waals surface area contributed by atoms with Crippen LogP contribution in [-0.4, -0.2) is 44.2 Å². The van der Waals surface area contributed by atoms with E-state index in [-0.39, 0.29) is 28.1 Å². The van der Waals surface area contributed by atoms with Crippen LogP contribution in [-0.2, 0) is 24.3 Å². The number of carbonyl (C=O) groups excluding carboxylic acids is 3. The summed E-state index contributed by atoms with van der Waals surface area (Å²) in [6.07, 6.45) is 2.68. The highest BCUT2D eigenvalue weighted by Gasteiger charge is 2.49. The fraction of sp³-hybridized carbons (Fsp3) is 0.438. The number of carbonyl (C=O) groups is 3. The van der Waals surface area contributed by atoms with E-state index in [1.807, 2.05) is 39.3 Å². The Bertz CT molecular complexity index is 1660. The Kier molecular flexibility index (Phi) is 7.20. The van der Waals surface area contributed by atoms with Gasteiger partial charge in [0.25, 0.3) is 5.91 Å². The molecule has 0 atom stereocenters. The number of hydrogen-bond acceptors (Lipinski definition) is 8. The minimum Gasteiger partial charge on any atom is -0.496 e. The van der Waals surface area contributed by atoms with Crippen LogP contribution < -0.4 is 9.46 Å². The van der Waals surface area contributed by atoms with E-state index in [1.165, 1.54) is 6.07 Å². The van der Waals surface area contributed by atoms with Crippen LogP contribution in [0.4, 0.5) is 0 Å². The largest absolute Gasteiger partial charge is 0.496 e. The molecule has 2 heterocycles. The van der Waals surface area contributed by atoms with Crippen LogP contribution in [0.25, 0.3) is 11.3 Å². The highest BCUT2D eigenvalue weighted by atomic mass is 32.2. The molecule has 1 aromatic carbocycles. The summed E-state index contributed by atoms with van der Waals surface area (Å²) in [5.74, 6) is 0.0980. The molecule has 42 heavy (non-hydrogen) atoms. The Morgan fingerprint density at radius 3 is 2.05 bits per heavy atom. The number of benzene rings is 1. The number of pyridine rings is 1. The normalized spacial score (nSPS) is 20.1. The van der Waals surface area contributed by atoms with E-state index in [0.29, 0.717) is 70.9 Å². The molecule has 1 N–H and O–H groups in total. The molecule has 9 nitrogen and oxygen atoms in total. The molecule has 1 aliphatic heterocycles. The lowest BCUT2D eigenvalue weighted by Crippen LogP contribution is -2.38. The van der Waals surface area contributed by atoms with Gasteiger partial charge in [-0.3, -0.25) is 14.4 Å². The summed E-state index contributed by atoms with van der Waals surface area (Å²) in [6, 6.07) is 8.35. The average Bonchev–Trinajstić information content (AvgIpc) is 2.84. The zero-order valence-electron chi connectivity index (χ0n) is 25.0. The number of Topliss-reactive ketones (excluding diaryl/α,β-unsaturated/α-hetero) is 2. The molecule has 1 aromatic heterocycles. The van der Waals surface area contributed by atoms with Gasteiger partial charge in [-0.2, -0.15) is 0 Å². The zero-order chi connectivity index (χ0) is 30.8. The maximum atomic E-state index is 13.8. The lowest BCUT2D eigenvalue weighted by atomic mass is 9.65. The minimum atomic E-state index is -3.78. The molecule has 3 aliphatic rings. The van der Waals surface area contributed by atoms with Crippen molar-refractivity contribution < 1.29 is 32.3 Å². The van der Waals surface area contributed by atoms with Crippen LogP contribution in [0.1, 0.15) is 80.9 Å². The molecule has 1 amide bonds. The molecule has 2 aliphatic carbocycles.